The first-order valence-corrected chi connectivity index (χ1v) is 8.36. The molecule has 1 aliphatic rings. The molecule has 1 fully saturated rings. The number of nitrogens with one attached hydrogen (secondary N) is 2. The third-order valence-electron chi connectivity index (χ3n) is 4.51. The van der Waals surface area contributed by atoms with Crippen LogP contribution in [0.2, 0.25) is 0 Å². The van der Waals surface area contributed by atoms with E-state index in [1.807, 2.05) is 23.1 Å². The molecule has 2 heterocycles. The van der Waals surface area contributed by atoms with Gasteiger partial charge in [-0.3, -0.25) is 14.5 Å². The highest BCUT2D eigenvalue weighted by atomic mass is 16.5. The average Bonchev–Trinajstić information content (AvgIpc) is 3.01. The lowest BCUT2D eigenvalue weighted by atomic mass is 9.96. The van der Waals surface area contributed by atoms with Gasteiger partial charge in [-0.05, 0) is 38.1 Å². The zero-order chi connectivity index (χ0) is 17.8. The second-order valence-electron chi connectivity index (χ2n) is 6.30. The molecule has 0 unspecified atom stereocenters. The Kier molecular flexibility index (Phi) is 5.18. The number of ether oxygens (including phenoxy) is 1. The Bertz CT molecular complexity index is 765. The molecule has 1 aliphatic heterocycles. The van der Waals surface area contributed by atoms with Crippen molar-refractivity contribution in [3.8, 4) is 5.75 Å². The molecule has 0 saturated carbocycles. The van der Waals surface area contributed by atoms with Crippen LogP contribution in [-0.2, 0) is 16.1 Å². The van der Waals surface area contributed by atoms with Gasteiger partial charge in [0.15, 0.2) is 0 Å². The molecule has 1 aromatic heterocycles. The van der Waals surface area contributed by atoms with Crippen molar-refractivity contribution in [2.24, 2.45) is 11.7 Å². The van der Waals surface area contributed by atoms with Crippen LogP contribution in [0.4, 0.5) is 0 Å². The quantitative estimate of drug-likeness (QED) is 0.701. The van der Waals surface area contributed by atoms with Crippen LogP contribution < -0.4 is 15.8 Å². The molecule has 8 nitrogen and oxygen atoms in total. The summed E-state index contributed by atoms with van der Waals surface area (Å²) < 4.78 is 5.19. The molecule has 0 aliphatic carbocycles. The van der Waals surface area contributed by atoms with Crippen molar-refractivity contribution in [1.29, 1.82) is 0 Å². The zero-order valence-electron chi connectivity index (χ0n) is 14.2. The fourth-order valence-electron chi connectivity index (χ4n) is 3.14. The third kappa shape index (κ3) is 4.27. The number of primary amides is 1. The smallest absolute Gasteiger partial charge is 0.231 e. The number of hydrogen-bond acceptors (Lipinski definition) is 5. The van der Waals surface area contributed by atoms with Crippen LogP contribution in [0.5, 0.6) is 5.75 Å². The number of nitrogens with two attached hydrogens (primary N) is 1. The monoisotopic (exact) mass is 345 g/mol. The van der Waals surface area contributed by atoms with Crippen molar-refractivity contribution in [1.82, 2.24) is 20.2 Å². The highest BCUT2D eigenvalue weighted by Gasteiger charge is 2.25. The predicted octanol–water partition coefficient (Wildman–Crippen LogP) is 0.385. The number of H-pyrrole nitrogens is 1. The molecule has 2 aromatic rings. The van der Waals surface area contributed by atoms with Crippen molar-refractivity contribution >= 4 is 22.8 Å². The number of amides is 2. The summed E-state index contributed by atoms with van der Waals surface area (Å²) in [6.45, 7) is 2.05. The van der Waals surface area contributed by atoms with Gasteiger partial charge in [0.25, 0.3) is 0 Å². The van der Waals surface area contributed by atoms with Crippen LogP contribution in [0.15, 0.2) is 18.2 Å². The first-order valence-electron chi connectivity index (χ1n) is 8.36. The van der Waals surface area contributed by atoms with Crippen molar-refractivity contribution < 1.29 is 14.3 Å². The maximum Gasteiger partial charge on any atom is 0.231 e. The van der Waals surface area contributed by atoms with Gasteiger partial charge < -0.3 is 20.8 Å². The second-order valence-corrected chi connectivity index (χ2v) is 6.30. The summed E-state index contributed by atoms with van der Waals surface area (Å²) in [7, 11) is 1.62. The number of rotatable bonds is 6. The van der Waals surface area contributed by atoms with E-state index >= 15 is 0 Å². The Morgan fingerprint density at radius 3 is 2.84 bits per heavy atom. The van der Waals surface area contributed by atoms with Crippen LogP contribution in [-0.4, -0.2) is 53.4 Å². The molecule has 3 rings (SSSR count). The largest absolute Gasteiger partial charge is 0.497 e. The van der Waals surface area contributed by atoms with Crippen molar-refractivity contribution in [2.45, 2.75) is 19.4 Å². The standard InChI is InChI=1S/C17H23N5O3/c1-25-12-2-3-13-14(8-12)21-16(20-13)9-19-17(24)11-4-6-22(7-5-11)10-15(18)23/h2-3,8,11H,4-7,9-10H2,1H3,(H2,18,23)(H,19,24)(H,20,21). The lowest BCUT2D eigenvalue weighted by Crippen LogP contribution is -2.43. The van der Waals surface area contributed by atoms with Gasteiger partial charge in [0.05, 0.1) is 31.2 Å². The van der Waals surface area contributed by atoms with Gasteiger partial charge in [0.2, 0.25) is 11.8 Å². The molecule has 0 bridgehead atoms. The second kappa shape index (κ2) is 7.52. The summed E-state index contributed by atoms with van der Waals surface area (Å²) in [6.07, 6.45) is 1.47. The van der Waals surface area contributed by atoms with Gasteiger partial charge in [-0.2, -0.15) is 0 Å². The fraction of sp³-hybridized carbons (Fsp3) is 0.471. The van der Waals surface area contributed by atoms with E-state index in [4.69, 9.17) is 10.5 Å². The fourth-order valence-corrected chi connectivity index (χ4v) is 3.14. The summed E-state index contributed by atoms with van der Waals surface area (Å²) >= 11 is 0. The van der Waals surface area contributed by atoms with Gasteiger partial charge in [-0.1, -0.05) is 0 Å². The molecule has 134 valence electrons. The lowest BCUT2D eigenvalue weighted by Gasteiger charge is -2.30. The molecule has 1 saturated heterocycles. The number of imidazole rings is 1. The predicted molar refractivity (Wildman–Crippen MR) is 92.9 cm³/mol. The molecule has 1 aromatic carbocycles. The number of aromatic amines is 1. The maximum atomic E-state index is 12.3. The minimum absolute atomic E-state index is 0.0248. The average molecular weight is 345 g/mol. The van der Waals surface area contributed by atoms with Gasteiger partial charge in [0, 0.05) is 12.0 Å². The number of hydrogen-bond donors (Lipinski definition) is 3. The molecule has 0 radical (unpaired) electrons. The van der Waals surface area contributed by atoms with Crippen molar-refractivity contribution in [3.63, 3.8) is 0 Å². The van der Waals surface area contributed by atoms with E-state index < -0.39 is 0 Å². The molecule has 4 N–H and O–H groups in total. The van der Waals surface area contributed by atoms with E-state index in [0.29, 0.717) is 25.5 Å². The highest BCUT2D eigenvalue weighted by Crippen LogP contribution is 2.19. The number of likely N-dealkylation sites (tertiary alicyclic amines) is 1. The van der Waals surface area contributed by atoms with Crippen LogP contribution in [0.25, 0.3) is 11.0 Å². The third-order valence-corrected chi connectivity index (χ3v) is 4.51. The number of methoxy groups -OCH3 is 1. The summed E-state index contributed by atoms with van der Waals surface area (Å²) in [4.78, 5) is 32.9. The molecule has 8 heteroatoms. The molecular formula is C17H23N5O3. The number of aromatic nitrogens is 2. The van der Waals surface area contributed by atoms with E-state index in [1.165, 1.54) is 0 Å². The number of carbonyl (C=O) groups is 2. The Hall–Kier alpha value is -2.61. The molecule has 25 heavy (non-hydrogen) atoms. The zero-order valence-corrected chi connectivity index (χ0v) is 14.2. The normalized spacial score (nSPS) is 16.0. The van der Waals surface area contributed by atoms with Crippen molar-refractivity contribution in [2.75, 3.05) is 26.7 Å². The summed E-state index contributed by atoms with van der Waals surface area (Å²) in [5.41, 5.74) is 6.92. The number of fused-ring (bicyclic) bond motifs is 1. The summed E-state index contributed by atoms with van der Waals surface area (Å²) in [5.74, 6) is 1.13. The van der Waals surface area contributed by atoms with Gasteiger partial charge >= 0.3 is 0 Å². The molecule has 2 amide bonds. The number of benzene rings is 1. The highest BCUT2D eigenvalue weighted by molar-refractivity contribution is 5.79. The van der Waals surface area contributed by atoms with Crippen LogP contribution in [0.1, 0.15) is 18.7 Å². The van der Waals surface area contributed by atoms with Crippen LogP contribution >= 0.6 is 0 Å². The SMILES string of the molecule is COc1ccc2nc(CNC(=O)C3CCN(CC(N)=O)CC3)[nH]c2c1. The Balaban J connectivity index is 1.51. The minimum atomic E-state index is -0.329. The van der Waals surface area contributed by atoms with Gasteiger partial charge in [0.1, 0.15) is 11.6 Å². The number of piperidine rings is 1. The lowest BCUT2D eigenvalue weighted by molar-refractivity contribution is -0.126. The van der Waals surface area contributed by atoms with Crippen LogP contribution in [0, 0.1) is 5.92 Å². The molecular weight excluding hydrogens is 322 g/mol. The van der Waals surface area contributed by atoms with Crippen LogP contribution in [0.3, 0.4) is 0 Å². The Morgan fingerprint density at radius 2 is 2.16 bits per heavy atom. The first-order chi connectivity index (χ1) is 12.0. The minimum Gasteiger partial charge on any atom is -0.497 e. The summed E-state index contributed by atoms with van der Waals surface area (Å²) in [5, 5.41) is 2.94. The Morgan fingerprint density at radius 1 is 1.40 bits per heavy atom. The van der Waals surface area contributed by atoms with Gasteiger partial charge in [-0.15, -0.1) is 0 Å². The maximum absolute atomic E-state index is 12.3. The summed E-state index contributed by atoms with van der Waals surface area (Å²) in [6, 6.07) is 5.61. The Labute approximate surface area is 145 Å². The van der Waals surface area contributed by atoms with E-state index in [2.05, 4.69) is 15.3 Å². The first kappa shape index (κ1) is 17.2. The van der Waals surface area contributed by atoms with E-state index in [-0.39, 0.29) is 24.3 Å². The number of nitrogens with zero attached hydrogens (tertiary/aromatic N) is 2. The van der Waals surface area contributed by atoms with E-state index in [1.54, 1.807) is 7.11 Å². The van der Waals surface area contributed by atoms with E-state index in [0.717, 1.165) is 29.6 Å². The topological polar surface area (TPSA) is 113 Å². The number of carbonyl (C=O) groups excluding carboxylic acids is 2. The van der Waals surface area contributed by atoms with E-state index in [9.17, 15) is 9.59 Å². The molecule has 0 atom stereocenters. The van der Waals surface area contributed by atoms with Gasteiger partial charge in [-0.25, -0.2) is 4.98 Å². The molecule has 0 spiro atoms. The van der Waals surface area contributed by atoms with Crippen molar-refractivity contribution in [3.05, 3.63) is 24.0 Å².